The van der Waals surface area contributed by atoms with Crippen LogP contribution in [0.1, 0.15) is 26.2 Å². The van der Waals surface area contributed by atoms with Gasteiger partial charge in [-0.1, -0.05) is 25.1 Å². The van der Waals surface area contributed by atoms with Gasteiger partial charge < -0.3 is 15.0 Å². The van der Waals surface area contributed by atoms with Gasteiger partial charge in [-0.15, -0.1) is 0 Å². The molecule has 0 aliphatic heterocycles. The van der Waals surface area contributed by atoms with Crippen molar-refractivity contribution >= 4 is 22.5 Å². The largest absolute Gasteiger partial charge is 0.490 e. The number of rotatable bonds is 7. The number of fused-ring (bicyclic) bond motifs is 1. The molecule has 5 nitrogen and oxygen atoms in total. The second-order valence-corrected chi connectivity index (χ2v) is 6.17. The molecule has 1 heterocycles. The summed E-state index contributed by atoms with van der Waals surface area (Å²) in [5.74, 6) is 0.717. The van der Waals surface area contributed by atoms with Crippen LogP contribution in [0.4, 0.5) is 5.69 Å². The van der Waals surface area contributed by atoms with Crippen LogP contribution in [0.3, 0.4) is 0 Å². The van der Waals surface area contributed by atoms with Gasteiger partial charge in [0.1, 0.15) is 5.75 Å². The lowest BCUT2D eigenvalue weighted by Gasteiger charge is -2.18. The second-order valence-electron chi connectivity index (χ2n) is 6.17. The van der Waals surface area contributed by atoms with Crippen LogP contribution in [0.5, 0.6) is 5.75 Å². The van der Waals surface area contributed by atoms with E-state index in [-0.39, 0.29) is 17.6 Å². The van der Waals surface area contributed by atoms with Crippen LogP contribution >= 0.6 is 0 Å². The van der Waals surface area contributed by atoms with Gasteiger partial charge in [0, 0.05) is 29.1 Å². The van der Waals surface area contributed by atoms with Crippen molar-refractivity contribution in [2.45, 2.75) is 32.3 Å². The number of aromatic nitrogens is 1. The predicted octanol–water partition coefficient (Wildman–Crippen LogP) is 4.10. The molecule has 0 radical (unpaired) electrons. The normalized spacial score (nSPS) is 11.9. The molecule has 0 bridgehead atoms. The smallest absolute Gasteiger partial charge is 0.248 e. The van der Waals surface area contributed by atoms with Crippen molar-refractivity contribution in [1.29, 1.82) is 0 Å². The number of anilines is 1. The van der Waals surface area contributed by atoms with Crippen LogP contribution < -0.4 is 15.6 Å². The highest BCUT2D eigenvalue weighted by Crippen LogP contribution is 2.21. The van der Waals surface area contributed by atoms with Crippen molar-refractivity contribution in [3.8, 4) is 5.75 Å². The third-order valence-electron chi connectivity index (χ3n) is 4.20. The Morgan fingerprint density at radius 3 is 2.69 bits per heavy atom. The van der Waals surface area contributed by atoms with Crippen molar-refractivity contribution in [1.82, 2.24) is 4.98 Å². The Bertz CT molecular complexity index is 935. The summed E-state index contributed by atoms with van der Waals surface area (Å²) in [4.78, 5) is 26.2. The fourth-order valence-electron chi connectivity index (χ4n) is 2.78. The van der Waals surface area contributed by atoms with Gasteiger partial charge >= 0.3 is 0 Å². The van der Waals surface area contributed by atoms with Crippen LogP contribution in [0.15, 0.2) is 65.5 Å². The van der Waals surface area contributed by atoms with E-state index in [0.29, 0.717) is 12.8 Å². The predicted molar refractivity (Wildman–Crippen MR) is 104 cm³/mol. The zero-order valence-electron chi connectivity index (χ0n) is 14.7. The summed E-state index contributed by atoms with van der Waals surface area (Å²) in [5.41, 5.74) is 1.46. The molecular formula is C21H22N2O3. The summed E-state index contributed by atoms with van der Waals surface area (Å²) in [5, 5.41) is 3.80. The molecule has 1 aromatic heterocycles. The Balaban J connectivity index is 1.58. The summed E-state index contributed by atoms with van der Waals surface area (Å²) in [6.07, 6.45) is 1.80. The molecule has 0 fully saturated rings. The molecule has 2 N–H and O–H groups in total. The molecular weight excluding hydrogens is 328 g/mol. The van der Waals surface area contributed by atoms with E-state index in [4.69, 9.17) is 4.74 Å². The number of aromatic amines is 1. The number of para-hydroxylation sites is 1. The van der Waals surface area contributed by atoms with Gasteiger partial charge in [0.2, 0.25) is 11.5 Å². The molecule has 1 atom stereocenters. The zero-order chi connectivity index (χ0) is 18.4. The molecule has 3 rings (SSSR count). The lowest BCUT2D eigenvalue weighted by molar-refractivity contribution is -0.116. The summed E-state index contributed by atoms with van der Waals surface area (Å²) in [7, 11) is 0. The number of benzene rings is 2. The molecule has 0 spiro atoms. The number of hydrogen-bond acceptors (Lipinski definition) is 3. The number of nitrogens with one attached hydrogen (secondary N) is 2. The maximum atomic E-state index is 12.1. The third kappa shape index (κ3) is 4.72. The fraction of sp³-hybridized carbons (Fsp3) is 0.238. The molecule has 26 heavy (non-hydrogen) atoms. The molecule has 2 aromatic carbocycles. The number of carbonyl (C=O) groups is 1. The summed E-state index contributed by atoms with van der Waals surface area (Å²) in [6, 6.07) is 18.3. The lowest BCUT2D eigenvalue weighted by atomic mass is 10.1. The quantitative estimate of drug-likeness (QED) is 0.674. The van der Waals surface area contributed by atoms with Crippen LogP contribution in [0, 0.1) is 0 Å². The number of carbonyl (C=O) groups excluding carboxylic acids is 1. The number of amides is 1. The van der Waals surface area contributed by atoms with Crippen molar-refractivity contribution in [3.05, 3.63) is 71.0 Å². The van der Waals surface area contributed by atoms with Gasteiger partial charge in [0.15, 0.2) is 0 Å². The van der Waals surface area contributed by atoms with E-state index in [0.717, 1.165) is 28.8 Å². The average molecular weight is 350 g/mol. The van der Waals surface area contributed by atoms with Gasteiger partial charge in [-0.05, 0) is 49.2 Å². The maximum Gasteiger partial charge on any atom is 0.248 e. The molecule has 3 aromatic rings. The summed E-state index contributed by atoms with van der Waals surface area (Å²) in [6.45, 7) is 2.04. The van der Waals surface area contributed by atoms with Crippen LogP contribution in [-0.4, -0.2) is 17.0 Å². The first-order valence-corrected chi connectivity index (χ1v) is 8.78. The topological polar surface area (TPSA) is 71.2 Å². The van der Waals surface area contributed by atoms with Crippen LogP contribution in [-0.2, 0) is 4.79 Å². The van der Waals surface area contributed by atoms with Crippen LogP contribution in [0.2, 0.25) is 0 Å². The first kappa shape index (κ1) is 17.7. The third-order valence-corrected chi connectivity index (χ3v) is 4.20. The van der Waals surface area contributed by atoms with Crippen molar-refractivity contribution in [2.75, 3.05) is 5.32 Å². The summed E-state index contributed by atoms with van der Waals surface area (Å²) >= 11 is 0. The minimum Gasteiger partial charge on any atom is -0.490 e. The van der Waals surface area contributed by atoms with Crippen LogP contribution in [0.25, 0.3) is 10.9 Å². The Kier molecular flexibility index (Phi) is 5.69. The molecule has 0 aliphatic rings. The average Bonchev–Trinajstić information content (AvgIpc) is 2.66. The van der Waals surface area contributed by atoms with Crippen molar-refractivity contribution < 1.29 is 9.53 Å². The molecule has 134 valence electrons. The van der Waals surface area contributed by atoms with Crippen molar-refractivity contribution in [3.63, 3.8) is 0 Å². The number of ether oxygens (including phenoxy) is 1. The molecule has 0 saturated heterocycles. The van der Waals surface area contributed by atoms with E-state index in [2.05, 4.69) is 10.3 Å². The van der Waals surface area contributed by atoms with Gasteiger partial charge in [0.05, 0.1) is 6.10 Å². The van der Waals surface area contributed by atoms with E-state index < -0.39 is 0 Å². The van der Waals surface area contributed by atoms with E-state index in [9.17, 15) is 9.59 Å². The second kappa shape index (κ2) is 8.34. The first-order valence-electron chi connectivity index (χ1n) is 8.78. The molecule has 0 aliphatic carbocycles. The van der Waals surface area contributed by atoms with E-state index in [1.165, 1.54) is 6.07 Å². The molecule has 1 amide bonds. The maximum absolute atomic E-state index is 12.1. The minimum absolute atomic E-state index is 0.0191. The first-order chi connectivity index (χ1) is 12.6. The van der Waals surface area contributed by atoms with E-state index in [1.807, 2.05) is 55.5 Å². The SMILES string of the molecule is CCC(CCC(=O)Nc1ccccc1)Oc1ccc2[nH]c(=O)ccc2c1. The molecule has 1 unspecified atom stereocenters. The van der Waals surface area contributed by atoms with E-state index in [1.54, 1.807) is 6.07 Å². The highest BCUT2D eigenvalue weighted by atomic mass is 16.5. The highest BCUT2D eigenvalue weighted by Gasteiger charge is 2.12. The Hall–Kier alpha value is -3.08. The van der Waals surface area contributed by atoms with Gasteiger partial charge in [-0.25, -0.2) is 0 Å². The monoisotopic (exact) mass is 350 g/mol. The highest BCUT2D eigenvalue weighted by molar-refractivity contribution is 5.90. The lowest BCUT2D eigenvalue weighted by Crippen LogP contribution is -2.19. The van der Waals surface area contributed by atoms with E-state index >= 15 is 0 Å². The zero-order valence-corrected chi connectivity index (χ0v) is 14.7. The Labute approximate surface area is 152 Å². The van der Waals surface area contributed by atoms with Gasteiger partial charge in [0.25, 0.3) is 0 Å². The Morgan fingerprint density at radius 2 is 1.92 bits per heavy atom. The fourth-order valence-corrected chi connectivity index (χ4v) is 2.78. The molecule has 5 heteroatoms. The van der Waals surface area contributed by atoms with Gasteiger partial charge in [-0.2, -0.15) is 0 Å². The standard InChI is InChI=1S/C21H22N2O3/c1-2-17(10-13-20(24)22-16-6-4-3-5-7-16)26-18-9-11-19-15(14-18)8-12-21(25)23-19/h3-9,11-12,14,17H,2,10,13H2,1H3,(H,22,24)(H,23,25). The number of hydrogen-bond donors (Lipinski definition) is 2. The van der Waals surface area contributed by atoms with Crippen molar-refractivity contribution in [2.24, 2.45) is 0 Å². The Morgan fingerprint density at radius 1 is 1.12 bits per heavy atom. The molecule has 0 saturated carbocycles. The number of H-pyrrole nitrogens is 1. The van der Waals surface area contributed by atoms with Gasteiger partial charge in [-0.3, -0.25) is 9.59 Å². The number of pyridine rings is 1. The summed E-state index contributed by atoms with van der Waals surface area (Å²) < 4.78 is 6.03. The minimum atomic E-state index is -0.123.